The molecule has 0 fully saturated rings. The maximum atomic E-state index is 11.1. The molecule has 0 spiro atoms. The maximum Gasteiger partial charge on any atom is 0.313 e. The largest absolute Gasteiger partial charge is 0.481 e. The van der Waals surface area contributed by atoms with Crippen molar-refractivity contribution in [1.29, 1.82) is 0 Å². The van der Waals surface area contributed by atoms with Crippen LogP contribution in [0, 0.1) is 10.1 Å². The molecule has 0 amide bonds. The van der Waals surface area contributed by atoms with Gasteiger partial charge in [0.1, 0.15) is 6.20 Å². The fraction of sp³-hybridized carbons (Fsp3) is 0.308. The van der Waals surface area contributed by atoms with Gasteiger partial charge in [0.15, 0.2) is 5.69 Å². The van der Waals surface area contributed by atoms with Crippen LogP contribution in [0.2, 0.25) is 0 Å². The van der Waals surface area contributed by atoms with Crippen molar-refractivity contribution in [2.75, 3.05) is 19.0 Å². The molecule has 2 aromatic heterocycles. The minimum absolute atomic E-state index is 0.163. The van der Waals surface area contributed by atoms with Crippen molar-refractivity contribution in [2.45, 2.75) is 13.3 Å². The van der Waals surface area contributed by atoms with E-state index in [1.165, 1.54) is 19.5 Å². The predicted molar refractivity (Wildman–Crippen MR) is 77.3 cm³/mol. The zero-order valence-electron chi connectivity index (χ0n) is 11.7. The number of nitrogens with one attached hydrogen (secondary N) is 1. The highest BCUT2D eigenvalue weighted by molar-refractivity contribution is 5.69. The van der Waals surface area contributed by atoms with Crippen LogP contribution in [0.15, 0.2) is 24.5 Å². The molecule has 0 aliphatic heterocycles. The van der Waals surface area contributed by atoms with Crippen molar-refractivity contribution in [3.05, 3.63) is 34.6 Å². The monoisotopic (exact) mass is 289 g/mol. The van der Waals surface area contributed by atoms with Crippen LogP contribution in [0.3, 0.4) is 0 Å². The molecule has 0 atom stereocenters. The van der Waals surface area contributed by atoms with E-state index >= 15 is 0 Å². The quantitative estimate of drug-likeness (QED) is 0.642. The lowest BCUT2D eigenvalue weighted by Gasteiger charge is -2.06. The first kappa shape index (κ1) is 14.6. The molecule has 8 heteroatoms. The summed E-state index contributed by atoms with van der Waals surface area (Å²) in [4.78, 5) is 22.8. The van der Waals surface area contributed by atoms with Gasteiger partial charge >= 0.3 is 5.69 Å². The second-order valence-corrected chi connectivity index (χ2v) is 4.20. The molecule has 2 aromatic rings. The van der Waals surface area contributed by atoms with Crippen LogP contribution >= 0.6 is 0 Å². The van der Waals surface area contributed by atoms with E-state index < -0.39 is 4.92 Å². The third kappa shape index (κ3) is 3.41. The van der Waals surface area contributed by atoms with Crippen molar-refractivity contribution >= 4 is 11.6 Å². The average Bonchev–Trinajstić information content (AvgIpc) is 2.52. The zero-order chi connectivity index (χ0) is 15.2. The van der Waals surface area contributed by atoms with Crippen molar-refractivity contribution < 1.29 is 9.66 Å². The molecule has 0 saturated carbocycles. The van der Waals surface area contributed by atoms with E-state index in [1.807, 2.05) is 6.92 Å². The smallest absolute Gasteiger partial charge is 0.313 e. The number of ether oxygens (including phenoxy) is 1. The fourth-order valence-corrected chi connectivity index (χ4v) is 1.68. The summed E-state index contributed by atoms with van der Waals surface area (Å²) in [6, 6.07) is 3.30. The topological polar surface area (TPSA) is 103 Å². The summed E-state index contributed by atoms with van der Waals surface area (Å²) >= 11 is 0. The summed E-state index contributed by atoms with van der Waals surface area (Å²) in [6.45, 7) is 2.70. The van der Waals surface area contributed by atoms with Crippen molar-refractivity contribution in [1.82, 2.24) is 15.0 Å². The Kier molecular flexibility index (Phi) is 4.60. The zero-order valence-corrected chi connectivity index (χ0v) is 11.7. The third-order valence-electron chi connectivity index (χ3n) is 2.72. The lowest BCUT2D eigenvalue weighted by molar-refractivity contribution is -0.384. The van der Waals surface area contributed by atoms with Gasteiger partial charge in [0.25, 0.3) is 0 Å². The molecule has 2 rings (SSSR count). The minimum Gasteiger partial charge on any atom is -0.481 e. The first-order valence-corrected chi connectivity index (χ1v) is 6.41. The molecular formula is C13H15N5O3. The Morgan fingerprint density at radius 3 is 2.71 bits per heavy atom. The molecule has 0 radical (unpaired) electrons. The van der Waals surface area contributed by atoms with Gasteiger partial charge in [-0.3, -0.25) is 10.1 Å². The van der Waals surface area contributed by atoms with Gasteiger partial charge in [0.2, 0.25) is 11.8 Å². The highest BCUT2D eigenvalue weighted by Gasteiger charge is 2.19. The molecule has 0 aromatic carbocycles. The summed E-state index contributed by atoms with van der Waals surface area (Å²) in [5, 5.41) is 14.1. The van der Waals surface area contributed by atoms with Crippen LogP contribution in [0.1, 0.15) is 13.3 Å². The second kappa shape index (κ2) is 6.60. The summed E-state index contributed by atoms with van der Waals surface area (Å²) in [7, 11) is 1.50. The molecule has 0 saturated heterocycles. The number of hydrogen-bond acceptors (Lipinski definition) is 7. The van der Waals surface area contributed by atoms with E-state index in [0.29, 0.717) is 23.9 Å². The number of rotatable bonds is 6. The normalized spacial score (nSPS) is 10.2. The van der Waals surface area contributed by atoms with Crippen LogP contribution in [-0.2, 0) is 0 Å². The molecule has 110 valence electrons. The van der Waals surface area contributed by atoms with Crippen LogP contribution in [-0.4, -0.2) is 33.5 Å². The average molecular weight is 289 g/mol. The van der Waals surface area contributed by atoms with E-state index in [2.05, 4.69) is 20.3 Å². The van der Waals surface area contributed by atoms with Gasteiger partial charge in [-0.1, -0.05) is 6.92 Å². The highest BCUT2D eigenvalue weighted by atomic mass is 16.6. The summed E-state index contributed by atoms with van der Waals surface area (Å²) in [6.07, 6.45) is 3.59. The third-order valence-corrected chi connectivity index (χ3v) is 2.72. The first-order valence-electron chi connectivity index (χ1n) is 6.41. The maximum absolute atomic E-state index is 11.1. The number of nitro groups is 1. The van der Waals surface area contributed by atoms with Gasteiger partial charge in [-0.25, -0.2) is 15.0 Å². The SMILES string of the molecule is CCCNc1ncc([N+](=O)[O-])c(-c2ccc(OC)nc2)n1. The molecule has 2 heterocycles. The Balaban J connectivity index is 2.43. The lowest BCUT2D eigenvalue weighted by atomic mass is 10.2. The molecule has 8 nitrogen and oxygen atoms in total. The predicted octanol–water partition coefficient (Wildman–Crippen LogP) is 2.28. The van der Waals surface area contributed by atoms with Crippen LogP contribution in [0.4, 0.5) is 11.6 Å². The molecule has 21 heavy (non-hydrogen) atoms. The van der Waals surface area contributed by atoms with E-state index in [1.54, 1.807) is 12.1 Å². The molecule has 0 unspecified atom stereocenters. The van der Waals surface area contributed by atoms with E-state index in [-0.39, 0.29) is 11.4 Å². The molecule has 0 aliphatic rings. The standard InChI is InChI=1S/C13H15N5O3/c1-3-6-14-13-16-8-10(18(19)20)12(17-13)9-4-5-11(21-2)15-7-9/h4-5,7-8H,3,6H2,1-2H3,(H,14,16,17). The number of aromatic nitrogens is 3. The van der Waals surface area contributed by atoms with E-state index in [0.717, 1.165) is 6.42 Å². The fourth-order valence-electron chi connectivity index (χ4n) is 1.68. The van der Waals surface area contributed by atoms with Gasteiger partial charge in [0, 0.05) is 24.4 Å². The summed E-state index contributed by atoms with van der Waals surface area (Å²) in [5.41, 5.74) is 0.595. The molecule has 0 aliphatic carbocycles. The van der Waals surface area contributed by atoms with Crippen molar-refractivity contribution in [2.24, 2.45) is 0 Å². The Morgan fingerprint density at radius 2 is 2.14 bits per heavy atom. The summed E-state index contributed by atoms with van der Waals surface area (Å²) in [5.74, 6) is 0.785. The number of methoxy groups -OCH3 is 1. The Hall–Kier alpha value is -2.77. The Morgan fingerprint density at radius 1 is 1.33 bits per heavy atom. The lowest BCUT2D eigenvalue weighted by Crippen LogP contribution is -2.06. The summed E-state index contributed by atoms with van der Waals surface area (Å²) < 4.78 is 4.97. The van der Waals surface area contributed by atoms with E-state index in [9.17, 15) is 10.1 Å². The number of pyridine rings is 1. The van der Waals surface area contributed by atoms with Gasteiger partial charge < -0.3 is 10.1 Å². The molecular weight excluding hydrogens is 274 g/mol. The van der Waals surface area contributed by atoms with Crippen molar-refractivity contribution in [3.8, 4) is 17.1 Å². The van der Waals surface area contributed by atoms with Crippen LogP contribution in [0.5, 0.6) is 5.88 Å². The highest BCUT2D eigenvalue weighted by Crippen LogP contribution is 2.28. The molecule has 0 bridgehead atoms. The van der Waals surface area contributed by atoms with Gasteiger partial charge in [0.05, 0.1) is 12.0 Å². The van der Waals surface area contributed by atoms with E-state index in [4.69, 9.17) is 4.74 Å². The van der Waals surface area contributed by atoms with Gasteiger partial charge in [-0.05, 0) is 12.5 Å². The van der Waals surface area contributed by atoms with Gasteiger partial charge in [-0.2, -0.15) is 0 Å². The minimum atomic E-state index is -0.511. The Labute approximate surface area is 121 Å². The van der Waals surface area contributed by atoms with Crippen LogP contribution in [0.25, 0.3) is 11.3 Å². The molecule has 1 N–H and O–H groups in total. The van der Waals surface area contributed by atoms with Crippen molar-refractivity contribution in [3.63, 3.8) is 0 Å². The van der Waals surface area contributed by atoms with Crippen LogP contribution < -0.4 is 10.1 Å². The first-order chi connectivity index (χ1) is 10.2. The number of hydrogen-bond donors (Lipinski definition) is 1. The van der Waals surface area contributed by atoms with Gasteiger partial charge in [-0.15, -0.1) is 0 Å². The second-order valence-electron chi connectivity index (χ2n) is 4.20. The number of nitrogens with zero attached hydrogens (tertiary/aromatic N) is 4. The Bertz CT molecular complexity index is 630. The number of anilines is 1.